The molecule has 0 bridgehead atoms. The lowest BCUT2D eigenvalue weighted by Crippen LogP contribution is -2.29. The minimum Gasteiger partial charge on any atom is -0.320 e. The van der Waals surface area contributed by atoms with Crippen molar-refractivity contribution in [2.75, 3.05) is 6.54 Å². The second-order valence-corrected chi connectivity index (χ2v) is 4.59. The molecule has 1 unspecified atom stereocenters. The van der Waals surface area contributed by atoms with Crippen LogP contribution in [0.5, 0.6) is 0 Å². The van der Waals surface area contributed by atoms with Crippen molar-refractivity contribution in [1.29, 1.82) is 0 Å². The lowest BCUT2D eigenvalue weighted by molar-refractivity contribution is 0.523. The maximum Gasteiger partial charge on any atom is 0.146 e. The molecular weight excluding hydrogens is 212 g/mol. The van der Waals surface area contributed by atoms with Gasteiger partial charge in [0.05, 0.1) is 6.54 Å². The first kappa shape index (κ1) is 10.5. The standard InChI is InChI=1S/C13H16N4/c1-17-9-15-16-13(17)8-14-7-11-6-10-4-2-3-5-12(10)11/h2-5,9,11,14H,6-8H2,1H3. The summed E-state index contributed by atoms with van der Waals surface area (Å²) < 4.78 is 1.95. The van der Waals surface area contributed by atoms with E-state index in [0.29, 0.717) is 5.92 Å². The molecule has 0 aliphatic heterocycles. The minimum atomic E-state index is 0.666. The molecular formula is C13H16N4. The van der Waals surface area contributed by atoms with Gasteiger partial charge in [-0.15, -0.1) is 10.2 Å². The van der Waals surface area contributed by atoms with E-state index in [2.05, 4.69) is 39.8 Å². The summed E-state index contributed by atoms with van der Waals surface area (Å²) in [6.45, 7) is 1.80. The quantitative estimate of drug-likeness (QED) is 0.856. The van der Waals surface area contributed by atoms with Crippen molar-refractivity contribution < 1.29 is 0 Å². The molecule has 0 fully saturated rings. The molecule has 1 N–H and O–H groups in total. The monoisotopic (exact) mass is 228 g/mol. The summed E-state index contributed by atoms with van der Waals surface area (Å²) in [5, 5.41) is 11.4. The first-order valence-electron chi connectivity index (χ1n) is 5.96. The molecule has 1 heterocycles. The average Bonchev–Trinajstić information content (AvgIpc) is 2.71. The Hall–Kier alpha value is -1.68. The van der Waals surface area contributed by atoms with Crippen LogP contribution in [-0.2, 0) is 20.0 Å². The molecule has 4 nitrogen and oxygen atoms in total. The smallest absolute Gasteiger partial charge is 0.146 e. The van der Waals surface area contributed by atoms with Crippen molar-refractivity contribution in [2.24, 2.45) is 7.05 Å². The Morgan fingerprint density at radius 1 is 1.41 bits per heavy atom. The maximum atomic E-state index is 4.05. The van der Waals surface area contributed by atoms with Crippen LogP contribution in [0.4, 0.5) is 0 Å². The number of hydrogen-bond donors (Lipinski definition) is 1. The number of rotatable bonds is 4. The van der Waals surface area contributed by atoms with Crippen LogP contribution in [-0.4, -0.2) is 21.3 Å². The summed E-state index contributed by atoms with van der Waals surface area (Å²) in [6.07, 6.45) is 2.93. The van der Waals surface area contributed by atoms with Gasteiger partial charge in [0.15, 0.2) is 0 Å². The van der Waals surface area contributed by atoms with Crippen molar-refractivity contribution in [3.63, 3.8) is 0 Å². The first-order chi connectivity index (χ1) is 8.34. The van der Waals surface area contributed by atoms with Crippen molar-refractivity contribution >= 4 is 0 Å². The molecule has 1 aliphatic carbocycles. The van der Waals surface area contributed by atoms with Gasteiger partial charge >= 0.3 is 0 Å². The number of nitrogens with one attached hydrogen (secondary N) is 1. The van der Waals surface area contributed by atoms with Crippen LogP contribution < -0.4 is 5.32 Å². The van der Waals surface area contributed by atoms with Crippen LogP contribution in [0.3, 0.4) is 0 Å². The highest BCUT2D eigenvalue weighted by Gasteiger charge is 2.24. The second-order valence-electron chi connectivity index (χ2n) is 4.59. The fourth-order valence-corrected chi connectivity index (χ4v) is 2.37. The van der Waals surface area contributed by atoms with Gasteiger partial charge in [-0.3, -0.25) is 0 Å². The Labute approximate surface area is 101 Å². The topological polar surface area (TPSA) is 42.7 Å². The van der Waals surface area contributed by atoms with E-state index >= 15 is 0 Å². The van der Waals surface area contributed by atoms with E-state index in [1.165, 1.54) is 17.5 Å². The van der Waals surface area contributed by atoms with Crippen LogP contribution >= 0.6 is 0 Å². The average molecular weight is 228 g/mol. The SMILES string of the molecule is Cn1cnnc1CNCC1Cc2ccccc21. The molecule has 2 aromatic rings. The third-order valence-electron chi connectivity index (χ3n) is 3.44. The summed E-state index contributed by atoms with van der Waals surface area (Å²) in [5.74, 6) is 1.65. The van der Waals surface area contributed by atoms with Gasteiger partial charge in [0, 0.05) is 19.5 Å². The highest BCUT2D eigenvalue weighted by atomic mass is 15.3. The molecule has 88 valence electrons. The van der Waals surface area contributed by atoms with Gasteiger partial charge in [0.25, 0.3) is 0 Å². The first-order valence-corrected chi connectivity index (χ1v) is 5.96. The van der Waals surface area contributed by atoms with Gasteiger partial charge in [0.2, 0.25) is 0 Å². The van der Waals surface area contributed by atoms with E-state index < -0.39 is 0 Å². The van der Waals surface area contributed by atoms with E-state index in [0.717, 1.165) is 18.9 Å². The summed E-state index contributed by atoms with van der Waals surface area (Å²) in [4.78, 5) is 0. The van der Waals surface area contributed by atoms with Crippen LogP contribution in [0.25, 0.3) is 0 Å². The van der Waals surface area contributed by atoms with Crippen molar-refractivity contribution in [3.8, 4) is 0 Å². The van der Waals surface area contributed by atoms with Gasteiger partial charge in [-0.1, -0.05) is 24.3 Å². The van der Waals surface area contributed by atoms with Gasteiger partial charge in [0.1, 0.15) is 12.2 Å². The Kier molecular flexibility index (Phi) is 2.65. The van der Waals surface area contributed by atoms with E-state index in [4.69, 9.17) is 0 Å². The normalized spacial score (nSPS) is 17.6. The summed E-state index contributed by atoms with van der Waals surface area (Å²) in [5.41, 5.74) is 3.00. The zero-order valence-corrected chi connectivity index (χ0v) is 9.93. The molecule has 3 rings (SSSR count). The van der Waals surface area contributed by atoms with Gasteiger partial charge in [-0.25, -0.2) is 0 Å². The predicted molar refractivity (Wildman–Crippen MR) is 65.6 cm³/mol. The third-order valence-corrected chi connectivity index (χ3v) is 3.44. The van der Waals surface area contributed by atoms with E-state index in [1.807, 2.05) is 11.6 Å². The molecule has 1 atom stereocenters. The molecule has 17 heavy (non-hydrogen) atoms. The Balaban J connectivity index is 1.53. The van der Waals surface area contributed by atoms with E-state index in [-0.39, 0.29) is 0 Å². The van der Waals surface area contributed by atoms with Crippen LogP contribution in [0.15, 0.2) is 30.6 Å². The second kappa shape index (κ2) is 4.30. The molecule has 0 spiro atoms. The predicted octanol–water partition coefficient (Wildman–Crippen LogP) is 1.24. The molecule has 4 heteroatoms. The van der Waals surface area contributed by atoms with Crippen molar-refractivity contribution in [3.05, 3.63) is 47.5 Å². The number of fused-ring (bicyclic) bond motifs is 1. The lowest BCUT2D eigenvalue weighted by Gasteiger charge is -2.30. The highest BCUT2D eigenvalue weighted by Crippen LogP contribution is 2.33. The van der Waals surface area contributed by atoms with Gasteiger partial charge in [-0.2, -0.15) is 0 Å². The zero-order valence-electron chi connectivity index (χ0n) is 9.93. The summed E-state index contributed by atoms with van der Waals surface area (Å²) in [7, 11) is 1.97. The maximum absolute atomic E-state index is 4.05. The summed E-state index contributed by atoms with van der Waals surface area (Å²) in [6, 6.07) is 8.68. The highest BCUT2D eigenvalue weighted by molar-refractivity contribution is 5.40. The number of benzene rings is 1. The van der Waals surface area contributed by atoms with Crippen LogP contribution in [0.1, 0.15) is 22.9 Å². The van der Waals surface area contributed by atoms with E-state index in [9.17, 15) is 0 Å². The number of nitrogens with zero attached hydrogens (tertiary/aromatic N) is 3. The minimum absolute atomic E-state index is 0.666. The fraction of sp³-hybridized carbons (Fsp3) is 0.385. The molecule has 1 aromatic heterocycles. The van der Waals surface area contributed by atoms with Crippen molar-refractivity contribution in [2.45, 2.75) is 18.9 Å². The van der Waals surface area contributed by atoms with Gasteiger partial charge in [-0.05, 0) is 17.5 Å². The third kappa shape index (κ3) is 1.96. The number of aryl methyl sites for hydroxylation is 1. The summed E-state index contributed by atoms with van der Waals surface area (Å²) >= 11 is 0. The lowest BCUT2D eigenvalue weighted by atomic mass is 9.78. The van der Waals surface area contributed by atoms with E-state index in [1.54, 1.807) is 6.33 Å². The zero-order chi connectivity index (χ0) is 11.7. The molecule has 0 saturated heterocycles. The molecule has 0 radical (unpaired) electrons. The van der Waals surface area contributed by atoms with Crippen LogP contribution in [0, 0.1) is 0 Å². The molecule has 0 saturated carbocycles. The molecule has 1 aromatic carbocycles. The Bertz CT molecular complexity index is 518. The van der Waals surface area contributed by atoms with Crippen molar-refractivity contribution in [1.82, 2.24) is 20.1 Å². The molecule has 1 aliphatic rings. The largest absolute Gasteiger partial charge is 0.320 e. The number of hydrogen-bond acceptors (Lipinski definition) is 3. The fourth-order valence-electron chi connectivity index (χ4n) is 2.37. The number of aromatic nitrogens is 3. The van der Waals surface area contributed by atoms with Crippen LogP contribution in [0.2, 0.25) is 0 Å². The Morgan fingerprint density at radius 3 is 3.06 bits per heavy atom. The Morgan fingerprint density at radius 2 is 2.29 bits per heavy atom. The molecule has 0 amide bonds. The van der Waals surface area contributed by atoms with Gasteiger partial charge < -0.3 is 9.88 Å².